The van der Waals surface area contributed by atoms with E-state index in [1.807, 2.05) is 0 Å². The summed E-state index contributed by atoms with van der Waals surface area (Å²) in [5.74, 6) is 1.05. The van der Waals surface area contributed by atoms with E-state index in [2.05, 4.69) is 64.2 Å². The van der Waals surface area contributed by atoms with Gasteiger partial charge >= 0.3 is 0 Å². The van der Waals surface area contributed by atoms with Crippen molar-refractivity contribution in [2.24, 2.45) is 5.41 Å². The largest absolute Gasteiger partial charge is 0.459 e. The van der Waals surface area contributed by atoms with Crippen LogP contribution in [-0.2, 0) is 0 Å². The van der Waals surface area contributed by atoms with Crippen LogP contribution in [0.15, 0.2) is 28.7 Å². The van der Waals surface area contributed by atoms with E-state index < -0.39 is 0 Å². The predicted octanol–water partition coefficient (Wildman–Crippen LogP) is 4.83. The van der Waals surface area contributed by atoms with Crippen LogP contribution < -0.4 is 5.32 Å². The molecule has 0 aliphatic rings. The first kappa shape index (κ1) is 14.1. The Labute approximate surface area is 116 Å². The molecule has 0 bridgehead atoms. The Morgan fingerprint density at radius 3 is 2.58 bits per heavy atom. The van der Waals surface area contributed by atoms with Crippen molar-refractivity contribution in [3.63, 3.8) is 0 Å². The Bertz CT molecular complexity index is 553. The highest BCUT2D eigenvalue weighted by molar-refractivity contribution is 5.78. The number of fused-ring (bicyclic) bond motifs is 1. The molecule has 1 aromatic heterocycles. The van der Waals surface area contributed by atoms with Gasteiger partial charge < -0.3 is 9.73 Å². The van der Waals surface area contributed by atoms with Gasteiger partial charge in [0.25, 0.3) is 0 Å². The number of rotatable bonds is 5. The zero-order valence-electron chi connectivity index (χ0n) is 12.7. The van der Waals surface area contributed by atoms with Crippen LogP contribution in [0.4, 0.5) is 0 Å². The Morgan fingerprint density at radius 2 is 1.95 bits per heavy atom. The van der Waals surface area contributed by atoms with Gasteiger partial charge in [0.15, 0.2) is 0 Å². The Kier molecular flexibility index (Phi) is 4.00. The van der Waals surface area contributed by atoms with Crippen LogP contribution in [0.1, 0.15) is 51.5 Å². The summed E-state index contributed by atoms with van der Waals surface area (Å²) in [5.41, 5.74) is 2.43. The van der Waals surface area contributed by atoms with Gasteiger partial charge in [-0.25, -0.2) is 0 Å². The molecule has 0 aliphatic heterocycles. The van der Waals surface area contributed by atoms with Gasteiger partial charge in [-0.15, -0.1) is 0 Å². The molecule has 0 fully saturated rings. The maximum atomic E-state index is 6.06. The average molecular weight is 259 g/mol. The first-order chi connectivity index (χ1) is 8.97. The molecule has 1 aromatic carbocycles. The SMILES string of the molecule is CCNC(c1cc2cc(C)ccc2o1)C(C)(C)CC. The molecule has 0 saturated heterocycles. The highest BCUT2D eigenvalue weighted by atomic mass is 16.3. The van der Waals surface area contributed by atoms with E-state index in [-0.39, 0.29) is 11.5 Å². The molecule has 1 heterocycles. The van der Waals surface area contributed by atoms with Gasteiger partial charge in [0.2, 0.25) is 0 Å². The summed E-state index contributed by atoms with van der Waals surface area (Å²) >= 11 is 0. The Hall–Kier alpha value is -1.28. The molecule has 0 saturated carbocycles. The monoisotopic (exact) mass is 259 g/mol. The summed E-state index contributed by atoms with van der Waals surface area (Å²) in [5, 5.41) is 4.77. The second-order valence-corrected chi connectivity index (χ2v) is 6.02. The lowest BCUT2D eigenvalue weighted by Gasteiger charge is -2.32. The molecule has 0 amide bonds. The van der Waals surface area contributed by atoms with Crippen molar-refractivity contribution in [3.8, 4) is 0 Å². The predicted molar refractivity (Wildman–Crippen MR) is 81.4 cm³/mol. The summed E-state index contributed by atoms with van der Waals surface area (Å²) in [6.45, 7) is 12.0. The first-order valence-corrected chi connectivity index (χ1v) is 7.21. The van der Waals surface area contributed by atoms with Crippen LogP contribution in [-0.4, -0.2) is 6.54 Å². The van der Waals surface area contributed by atoms with Gasteiger partial charge in [-0.3, -0.25) is 0 Å². The topological polar surface area (TPSA) is 25.2 Å². The number of hydrogen-bond acceptors (Lipinski definition) is 2. The van der Waals surface area contributed by atoms with Gasteiger partial charge in [0, 0.05) is 5.39 Å². The summed E-state index contributed by atoms with van der Waals surface area (Å²) < 4.78 is 6.06. The second-order valence-electron chi connectivity index (χ2n) is 6.02. The third-order valence-electron chi connectivity index (χ3n) is 4.08. The number of hydrogen-bond donors (Lipinski definition) is 1. The van der Waals surface area contributed by atoms with Crippen molar-refractivity contribution in [2.45, 2.75) is 47.1 Å². The summed E-state index contributed by atoms with van der Waals surface area (Å²) in [7, 11) is 0. The van der Waals surface area contributed by atoms with Crippen LogP contribution in [0.5, 0.6) is 0 Å². The van der Waals surface area contributed by atoms with E-state index in [9.17, 15) is 0 Å². The molecule has 1 unspecified atom stereocenters. The third-order valence-corrected chi connectivity index (χ3v) is 4.08. The number of benzene rings is 1. The van der Waals surface area contributed by atoms with Gasteiger partial charge in [-0.1, -0.05) is 39.3 Å². The maximum Gasteiger partial charge on any atom is 0.134 e. The molecule has 2 nitrogen and oxygen atoms in total. The maximum absolute atomic E-state index is 6.06. The number of aryl methyl sites for hydroxylation is 1. The molecule has 2 heteroatoms. The third kappa shape index (κ3) is 2.84. The lowest BCUT2D eigenvalue weighted by Crippen LogP contribution is -2.33. The van der Waals surface area contributed by atoms with Crippen LogP contribution in [0.3, 0.4) is 0 Å². The zero-order valence-corrected chi connectivity index (χ0v) is 12.7. The van der Waals surface area contributed by atoms with E-state index in [0.717, 1.165) is 24.3 Å². The second kappa shape index (κ2) is 5.38. The van der Waals surface area contributed by atoms with Crippen LogP contribution in [0.2, 0.25) is 0 Å². The van der Waals surface area contributed by atoms with E-state index in [0.29, 0.717) is 0 Å². The summed E-state index contributed by atoms with van der Waals surface area (Å²) in [6, 6.07) is 8.80. The molecule has 104 valence electrons. The number of nitrogens with one attached hydrogen (secondary N) is 1. The normalized spacial score (nSPS) is 13.9. The average Bonchev–Trinajstić information content (AvgIpc) is 2.77. The molecular formula is C17H25NO. The highest BCUT2D eigenvalue weighted by Crippen LogP contribution is 2.38. The minimum atomic E-state index is 0.179. The summed E-state index contributed by atoms with van der Waals surface area (Å²) in [6.07, 6.45) is 1.11. The van der Waals surface area contributed by atoms with Crippen LogP contribution in [0, 0.1) is 12.3 Å². The minimum absolute atomic E-state index is 0.179. The molecule has 1 N–H and O–H groups in total. The van der Waals surface area contributed by atoms with Crippen LogP contribution in [0.25, 0.3) is 11.0 Å². The van der Waals surface area contributed by atoms with E-state index in [1.165, 1.54) is 10.9 Å². The molecule has 0 aliphatic carbocycles. The number of furan rings is 1. The van der Waals surface area contributed by atoms with Crippen LogP contribution >= 0.6 is 0 Å². The molecule has 2 aromatic rings. The Balaban J connectivity index is 2.44. The van der Waals surface area contributed by atoms with Crippen molar-refractivity contribution in [1.82, 2.24) is 5.32 Å². The molecule has 1 atom stereocenters. The van der Waals surface area contributed by atoms with Crippen molar-refractivity contribution >= 4 is 11.0 Å². The molecule has 19 heavy (non-hydrogen) atoms. The van der Waals surface area contributed by atoms with E-state index >= 15 is 0 Å². The van der Waals surface area contributed by atoms with Crippen molar-refractivity contribution in [2.75, 3.05) is 6.54 Å². The van der Waals surface area contributed by atoms with Crippen molar-refractivity contribution < 1.29 is 4.42 Å². The minimum Gasteiger partial charge on any atom is -0.459 e. The smallest absolute Gasteiger partial charge is 0.134 e. The highest BCUT2D eigenvalue weighted by Gasteiger charge is 2.31. The fourth-order valence-electron chi connectivity index (χ4n) is 2.50. The van der Waals surface area contributed by atoms with Gasteiger partial charge in [-0.05, 0) is 43.5 Å². The van der Waals surface area contributed by atoms with E-state index in [4.69, 9.17) is 4.42 Å². The lowest BCUT2D eigenvalue weighted by atomic mass is 9.80. The lowest BCUT2D eigenvalue weighted by molar-refractivity contribution is 0.211. The zero-order chi connectivity index (χ0) is 14.0. The molecular weight excluding hydrogens is 234 g/mol. The fraction of sp³-hybridized carbons (Fsp3) is 0.529. The quantitative estimate of drug-likeness (QED) is 0.832. The molecule has 0 spiro atoms. The molecule has 2 rings (SSSR count). The van der Waals surface area contributed by atoms with Gasteiger partial charge in [0.05, 0.1) is 6.04 Å². The fourth-order valence-corrected chi connectivity index (χ4v) is 2.50. The summed E-state index contributed by atoms with van der Waals surface area (Å²) in [4.78, 5) is 0. The van der Waals surface area contributed by atoms with E-state index in [1.54, 1.807) is 0 Å². The molecule has 0 radical (unpaired) electrons. The van der Waals surface area contributed by atoms with Crippen molar-refractivity contribution in [3.05, 3.63) is 35.6 Å². The standard InChI is InChI=1S/C17H25NO/c1-6-17(4,5)16(18-7-2)15-11-13-10-12(3)8-9-14(13)19-15/h8-11,16,18H,6-7H2,1-5H3. The Morgan fingerprint density at radius 1 is 1.21 bits per heavy atom. The van der Waals surface area contributed by atoms with Gasteiger partial charge in [-0.2, -0.15) is 0 Å². The first-order valence-electron chi connectivity index (χ1n) is 7.21. The van der Waals surface area contributed by atoms with Gasteiger partial charge in [0.1, 0.15) is 11.3 Å². The van der Waals surface area contributed by atoms with Crippen molar-refractivity contribution in [1.29, 1.82) is 0 Å².